The van der Waals surface area contributed by atoms with E-state index < -0.39 is 42.3 Å². The molecule has 4 atom stereocenters. The molecule has 0 aliphatic carbocycles. The summed E-state index contributed by atoms with van der Waals surface area (Å²) in [5, 5.41) is 28.8. The molecule has 1 saturated heterocycles. The molecule has 1 aliphatic rings. The molecule has 2 heterocycles. The van der Waals surface area contributed by atoms with Crippen molar-refractivity contribution in [1.82, 2.24) is 15.0 Å². The summed E-state index contributed by atoms with van der Waals surface area (Å²) in [6.07, 6.45) is -2.53. The van der Waals surface area contributed by atoms with Crippen LogP contribution in [0.25, 0.3) is 0 Å². The van der Waals surface area contributed by atoms with Crippen molar-refractivity contribution in [3.05, 3.63) is 44.5 Å². The van der Waals surface area contributed by atoms with E-state index in [9.17, 15) is 19.8 Å². The molecule has 128 valence electrons. The summed E-state index contributed by atoms with van der Waals surface area (Å²) in [5.74, 6) is 5.08. The molecule has 0 amide bonds. The molecule has 0 saturated carbocycles. The van der Waals surface area contributed by atoms with Crippen molar-refractivity contribution in [2.75, 3.05) is 6.61 Å². The molecule has 0 spiro atoms. The van der Waals surface area contributed by atoms with Gasteiger partial charge >= 0.3 is 5.69 Å². The van der Waals surface area contributed by atoms with Gasteiger partial charge in [0.1, 0.15) is 24.4 Å². The number of rotatable bonds is 5. The molecule has 11 nitrogen and oxygen atoms in total. The van der Waals surface area contributed by atoms with Crippen LogP contribution in [0.3, 0.4) is 0 Å². The largest absolute Gasteiger partial charge is 0.399 e. The van der Waals surface area contributed by atoms with Crippen molar-refractivity contribution < 1.29 is 20.1 Å². The molecule has 9 N–H and O–H groups in total. The van der Waals surface area contributed by atoms with Gasteiger partial charge in [-0.3, -0.25) is 20.2 Å². The summed E-state index contributed by atoms with van der Waals surface area (Å²) in [7, 11) is 0. The molecule has 11 heteroatoms. The van der Waals surface area contributed by atoms with Gasteiger partial charge in [-0.05, 0) is 0 Å². The lowest BCUT2D eigenvalue weighted by Crippen LogP contribution is -2.36. The number of nitrogens with two attached hydrogens (primary N) is 2. The van der Waals surface area contributed by atoms with Gasteiger partial charge in [0.25, 0.3) is 5.56 Å². The number of nitrogens with one attached hydrogen (secondary N) is 2. The fraction of sp³-hybridized carbons (Fsp3) is 0.500. The van der Waals surface area contributed by atoms with E-state index >= 15 is 0 Å². The lowest BCUT2D eigenvalue weighted by Gasteiger charge is -2.15. The van der Waals surface area contributed by atoms with Crippen LogP contribution in [0, 0.1) is 0 Å². The van der Waals surface area contributed by atoms with Crippen molar-refractivity contribution in [2.24, 2.45) is 11.6 Å². The SMILES string of the molecule is NN/C=C(\N)Cn1cc(C2OC(CO)C(O)C2O)c(=O)[nH]c1=O. The number of hydrogen-bond acceptors (Lipinski definition) is 9. The van der Waals surface area contributed by atoms with E-state index in [1.807, 2.05) is 0 Å². The van der Waals surface area contributed by atoms with Gasteiger partial charge in [0, 0.05) is 18.1 Å². The highest BCUT2D eigenvalue weighted by molar-refractivity contribution is 5.15. The average molecular weight is 329 g/mol. The van der Waals surface area contributed by atoms with Gasteiger partial charge in [-0.1, -0.05) is 0 Å². The first-order valence-corrected chi connectivity index (χ1v) is 6.75. The predicted molar refractivity (Wildman–Crippen MR) is 77.6 cm³/mol. The zero-order valence-corrected chi connectivity index (χ0v) is 12.0. The van der Waals surface area contributed by atoms with Crippen molar-refractivity contribution >= 4 is 0 Å². The zero-order chi connectivity index (χ0) is 17.1. The highest BCUT2D eigenvalue weighted by atomic mass is 16.6. The van der Waals surface area contributed by atoms with Gasteiger partial charge in [-0.2, -0.15) is 0 Å². The van der Waals surface area contributed by atoms with Crippen molar-refractivity contribution in [2.45, 2.75) is 31.0 Å². The van der Waals surface area contributed by atoms with E-state index in [1.165, 1.54) is 12.4 Å². The van der Waals surface area contributed by atoms with E-state index in [-0.39, 0.29) is 17.8 Å². The molecule has 4 unspecified atom stereocenters. The lowest BCUT2D eigenvalue weighted by molar-refractivity contribution is -0.0233. The Labute approximate surface area is 129 Å². The van der Waals surface area contributed by atoms with E-state index in [2.05, 4.69) is 10.4 Å². The van der Waals surface area contributed by atoms with Crippen molar-refractivity contribution in [3.8, 4) is 0 Å². The third-order valence-corrected chi connectivity index (χ3v) is 3.51. The van der Waals surface area contributed by atoms with Crippen LogP contribution in [0.5, 0.6) is 0 Å². The van der Waals surface area contributed by atoms with E-state index in [1.54, 1.807) is 0 Å². The van der Waals surface area contributed by atoms with Crippen LogP contribution in [-0.2, 0) is 11.3 Å². The molecule has 0 bridgehead atoms. The molecule has 1 aromatic rings. The summed E-state index contributed by atoms with van der Waals surface area (Å²) < 4.78 is 6.38. The first-order valence-electron chi connectivity index (χ1n) is 6.75. The second-order valence-electron chi connectivity index (χ2n) is 5.12. The van der Waals surface area contributed by atoms with Crippen LogP contribution >= 0.6 is 0 Å². The molecule has 1 aromatic heterocycles. The summed E-state index contributed by atoms with van der Waals surface area (Å²) in [6.45, 7) is -0.592. The number of H-pyrrole nitrogens is 1. The number of nitrogens with zero attached hydrogens (tertiary/aromatic N) is 1. The Morgan fingerprint density at radius 2 is 2.13 bits per heavy atom. The number of hydrazine groups is 1. The predicted octanol–water partition coefficient (Wildman–Crippen LogP) is -4.05. The maximum atomic E-state index is 12.0. The zero-order valence-electron chi connectivity index (χ0n) is 12.0. The summed E-state index contributed by atoms with van der Waals surface area (Å²) in [4.78, 5) is 25.8. The van der Waals surface area contributed by atoms with Gasteiger partial charge in [-0.15, -0.1) is 0 Å². The highest BCUT2D eigenvalue weighted by Crippen LogP contribution is 2.31. The Balaban J connectivity index is 2.38. The average Bonchev–Trinajstić information content (AvgIpc) is 2.78. The maximum absolute atomic E-state index is 12.0. The summed E-state index contributed by atoms with van der Waals surface area (Å²) in [5.41, 5.74) is 6.52. The maximum Gasteiger partial charge on any atom is 0.328 e. The second kappa shape index (κ2) is 6.93. The number of ether oxygens (including phenoxy) is 1. The highest BCUT2D eigenvalue weighted by Gasteiger charge is 2.44. The Bertz CT molecular complexity index is 698. The minimum atomic E-state index is -1.42. The molecule has 1 aliphatic heterocycles. The Hall–Kier alpha value is -2.18. The van der Waals surface area contributed by atoms with Gasteiger partial charge in [-0.25, -0.2) is 4.79 Å². The first kappa shape index (κ1) is 17.2. The third kappa shape index (κ3) is 3.43. The standard InChI is InChI=1S/C12H19N5O6/c13-5(1-15-14)2-17-3-6(11(21)16-12(17)22)10-9(20)8(19)7(4-18)23-10/h1,3,7-10,15,18-20H,2,4,13-14H2,(H,16,21,22)/b5-1-. The molecular weight excluding hydrogens is 310 g/mol. The number of aliphatic hydroxyl groups excluding tert-OH is 3. The minimum Gasteiger partial charge on any atom is -0.399 e. The smallest absolute Gasteiger partial charge is 0.328 e. The second-order valence-corrected chi connectivity index (χ2v) is 5.12. The van der Waals surface area contributed by atoms with Gasteiger partial charge in [0.2, 0.25) is 0 Å². The molecule has 1 fully saturated rings. The van der Waals surface area contributed by atoms with Crippen molar-refractivity contribution in [1.29, 1.82) is 0 Å². The normalized spacial score (nSPS) is 28.1. The third-order valence-electron chi connectivity index (χ3n) is 3.51. The van der Waals surface area contributed by atoms with Gasteiger partial charge < -0.3 is 31.2 Å². The van der Waals surface area contributed by atoms with Crippen LogP contribution in [0.2, 0.25) is 0 Å². The Morgan fingerprint density at radius 1 is 1.43 bits per heavy atom. The molecular formula is C12H19N5O6. The molecule has 0 radical (unpaired) electrons. The van der Waals surface area contributed by atoms with Crippen molar-refractivity contribution in [3.63, 3.8) is 0 Å². The lowest BCUT2D eigenvalue weighted by atomic mass is 10.0. The number of aromatic amines is 1. The van der Waals surface area contributed by atoms with Crippen LogP contribution in [0.1, 0.15) is 11.7 Å². The van der Waals surface area contributed by atoms with E-state index in [0.717, 1.165) is 4.57 Å². The van der Waals surface area contributed by atoms with Gasteiger partial charge in [0.05, 0.1) is 18.7 Å². The Kier molecular flexibility index (Phi) is 5.18. The van der Waals surface area contributed by atoms with E-state index in [4.69, 9.17) is 21.4 Å². The summed E-state index contributed by atoms with van der Waals surface area (Å²) >= 11 is 0. The summed E-state index contributed by atoms with van der Waals surface area (Å²) in [6, 6.07) is 0. The van der Waals surface area contributed by atoms with Crippen LogP contribution in [-0.4, -0.2) is 49.8 Å². The van der Waals surface area contributed by atoms with Crippen LogP contribution in [0.4, 0.5) is 0 Å². The number of aromatic nitrogens is 2. The van der Waals surface area contributed by atoms with Crippen LogP contribution in [0.15, 0.2) is 27.7 Å². The molecule has 0 aromatic carbocycles. The first-order chi connectivity index (χ1) is 10.9. The number of hydrogen-bond donors (Lipinski definition) is 7. The molecule has 2 rings (SSSR count). The number of allylic oxidation sites excluding steroid dienone is 1. The van der Waals surface area contributed by atoms with E-state index in [0.29, 0.717) is 0 Å². The minimum absolute atomic E-state index is 0.0678. The Morgan fingerprint density at radius 3 is 2.70 bits per heavy atom. The molecule has 23 heavy (non-hydrogen) atoms. The number of aliphatic hydroxyl groups is 3. The quantitative estimate of drug-likeness (QED) is 0.208. The topological polar surface area (TPSA) is 189 Å². The fourth-order valence-electron chi connectivity index (χ4n) is 2.35. The van der Waals surface area contributed by atoms with Crippen LogP contribution < -0.4 is 28.3 Å². The fourth-order valence-corrected chi connectivity index (χ4v) is 2.35. The monoisotopic (exact) mass is 329 g/mol. The van der Waals surface area contributed by atoms with Gasteiger partial charge in [0.15, 0.2) is 0 Å².